The number of carbonyl (C=O) groups excluding carboxylic acids is 2. The zero-order valence-electron chi connectivity index (χ0n) is 10.1. The maximum absolute atomic E-state index is 12.0. The van der Waals surface area contributed by atoms with Crippen molar-refractivity contribution in [2.45, 2.75) is 6.92 Å². The van der Waals surface area contributed by atoms with Crippen LogP contribution in [0.4, 0.5) is 4.79 Å². The third-order valence-corrected chi connectivity index (χ3v) is 3.01. The number of rotatable bonds is 3. The molecule has 0 radical (unpaired) electrons. The van der Waals surface area contributed by atoms with Gasteiger partial charge in [-0.05, 0) is 6.92 Å². The van der Waals surface area contributed by atoms with Gasteiger partial charge < -0.3 is 9.80 Å². The van der Waals surface area contributed by atoms with Crippen molar-refractivity contribution in [2.24, 2.45) is 0 Å². The van der Waals surface area contributed by atoms with Crippen LogP contribution in [0.25, 0.3) is 0 Å². The number of carbonyl (C=O) groups is 2. The SMILES string of the molecule is Cc1ccc(C(=O)CN2CCN(C)C2=O)cc1. The number of nitrogens with zero attached hydrogens (tertiary/aromatic N) is 2. The summed E-state index contributed by atoms with van der Waals surface area (Å²) >= 11 is 0. The number of urea groups is 1. The summed E-state index contributed by atoms with van der Waals surface area (Å²) in [4.78, 5) is 26.8. The van der Waals surface area contributed by atoms with E-state index in [0.29, 0.717) is 18.7 Å². The van der Waals surface area contributed by atoms with Crippen LogP contribution in [0, 0.1) is 6.92 Å². The molecule has 1 aromatic carbocycles. The van der Waals surface area contributed by atoms with Crippen molar-refractivity contribution in [1.29, 1.82) is 0 Å². The summed E-state index contributed by atoms with van der Waals surface area (Å²) in [5.41, 5.74) is 1.79. The minimum absolute atomic E-state index is 0.00588. The van der Waals surface area contributed by atoms with Gasteiger partial charge in [0.15, 0.2) is 5.78 Å². The molecule has 1 aromatic rings. The molecular weight excluding hydrogens is 216 g/mol. The second kappa shape index (κ2) is 4.57. The van der Waals surface area contributed by atoms with E-state index in [4.69, 9.17) is 0 Å². The van der Waals surface area contributed by atoms with E-state index in [9.17, 15) is 9.59 Å². The van der Waals surface area contributed by atoms with Crippen molar-refractivity contribution >= 4 is 11.8 Å². The molecule has 1 heterocycles. The molecule has 0 spiro atoms. The van der Waals surface area contributed by atoms with Crippen molar-refractivity contribution in [3.8, 4) is 0 Å². The fourth-order valence-electron chi connectivity index (χ4n) is 1.85. The molecule has 0 atom stereocenters. The average molecular weight is 232 g/mol. The highest BCUT2D eigenvalue weighted by Crippen LogP contribution is 2.09. The van der Waals surface area contributed by atoms with Gasteiger partial charge in [-0.3, -0.25) is 4.79 Å². The summed E-state index contributed by atoms with van der Waals surface area (Å²) in [6, 6.07) is 7.37. The lowest BCUT2D eigenvalue weighted by atomic mass is 10.1. The Kier molecular flexibility index (Phi) is 3.13. The second-order valence-electron chi connectivity index (χ2n) is 4.41. The molecular formula is C13H16N2O2. The van der Waals surface area contributed by atoms with Crippen molar-refractivity contribution in [2.75, 3.05) is 26.7 Å². The molecule has 0 unspecified atom stereocenters. The molecule has 0 bridgehead atoms. The minimum atomic E-state index is -0.0644. The smallest absolute Gasteiger partial charge is 0.320 e. The Morgan fingerprint density at radius 1 is 1.24 bits per heavy atom. The van der Waals surface area contributed by atoms with E-state index < -0.39 is 0 Å². The molecule has 4 heteroatoms. The fraction of sp³-hybridized carbons (Fsp3) is 0.385. The lowest BCUT2D eigenvalue weighted by Gasteiger charge is -2.14. The van der Waals surface area contributed by atoms with Gasteiger partial charge >= 0.3 is 6.03 Å². The largest absolute Gasteiger partial charge is 0.326 e. The second-order valence-corrected chi connectivity index (χ2v) is 4.41. The Balaban J connectivity index is 2.02. The third-order valence-electron chi connectivity index (χ3n) is 3.01. The number of hydrogen-bond donors (Lipinski definition) is 0. The van der Waals surface area contributed by atoms with Crippen molar-refractivity contribution < 1.29 is 9.59 Å². The Hall–Kier alpha value is -1.84. The highest BCUT2D eigenvalue weighted by atomic mass is 16.2. The topological polar surface area (TPSA) is 40.6 Å². The van der Waals surface area contributed by atoms with Crippen LogP contribution in [0.5, 0.6) is 0 Å². The molecule has 1 saturated heterocycles. The van der Waals surface area contributed by atoms with Gasteiger partial charge in [-0.15, -0.1) is 0 Å². The van der Waals surface area contributed by atoms with Crippen LogP contribution in [0.3, 0.4) is 0 Å². The Morgan fingerprint density at radius 3 is 2.41 bits per heavy atom. The normalized spacial score (nSPS) is 15.5. The number of benzene rings is 1. The third kappa shape index (κ3) is 2.46. The first-order valence-corrected chi connectivity index (χ1v) is 5.68. The van der Waals surface area contributed by atoms with Crippen LogP contribution in [0.15, 0.2) is 24.3 Å². The van der Waals surface area contributed by atoms with Gasteiger partial charge in [-0.2, -0.15) is 0 Å². The highest BCUT2D eigenvalue weighted by molar-refractivity contribution is 5.99. The molecule has 0 N–H and O–H groups in total. The van der Waals surface area contributed by atoms with Gasteiger partial charge in [0.1, 0.15) is 0 Å². The Bertz CT molecular complexity index is 439. The standard InChI is InChI=1S/C13H16N2O2/c1-10-3-5-11(6-4-10)12(16)9-15-8-7-14(2)13(15)17/h3-6H,7-9H2,1-2H3. The van der Waals surface area contributed by atoms with E-state index in [1.807, 2.05) is 31.2 Å². The van der Waals surface area contributed by atoms with Crippen LogP contribution < -0.4 is 0 Å². The molecule has 0 aliphatic carbocycles. The molecule has 0 aromatic heterocycles. The summed E-state index contributed by atoms with van der Waals surface area (Å²) in [6.07, 6.45) is 0. The van der Waals surface area contributed by atoms with E-state index >= 15 is 0 Å². The number of likely N-dealkylation sites (N-methyl/N-ethyl adjacent to an activating group) is 1. The van der Waals surface area contributed by atoms with Crippen LogP contribution in [-0.2, 0) is 0 Å². The quantitative estimate of drug-likeness (QED) is 0.742. The van der Waals surface area contributed by atoms with Crippen LogP contribution in [-0.4, -0.2) is 48.3 Å². The zero-order valence-corrected chi connectivity index (χ0v) is 10.1. The molecule has 1 aliphatic rings. The molecule has 1 fully saturated rings. The predicted octanol–water partition coefficient (Wildman–Crippen LogP) is 1.55. The highest BCUT2D eigenvalue weighted by Gasteiger charge is 2.26. The lowest BCUT2D eigenvalue weighted by molar-refractivity contribution is 0.0952. The molecule has 1 aliphatic heterocycles. The summed E-state index contributed by atoms with van der Waals surface area (Å²) < 4.78 is 0. The first kappa shape index (κ1) is 11.6. The number of Topliss-reactive ketones (excluding diaryl/α,β-unsaturated/α-hetero) is 1. The maximum Gasteiger partial charge on any atom is 0.320 e. The first-order chi connectivity index (χ1) is 8.08. The van der Waals surface area contributed by atoms with Gasteiger partial charge in [-0.1, -0.05) is 29.8 Å². The zero-order chi connectivity index (χ0) is 12.4. The summed E-state index contributed by atoms with van der Waals surface area (Å²) in [5, 5.41) is 0. The van der Waals surface area contributed by atoms with Crippen molar-refractivity contribution in [1.82, 2.24) is 9.80 Å². The van der Waals surface area contributed by atoms with Crippen LogP contribution in [0.2, 0.25) is 0 Å². The Labute approximate surface area is 101 Å². The molecule has 2 amide bonds. The molecule has 2 rings (SSSR count). The van der Waals surface area contributed by atoms with E-state index in [1.54, 1.807) is 16.8 Å². The molecule has 0 saturated carbocycles. The molecule has 90 valence electrons. The van der Waals surface area contributed by atoms with Crippen LogP contribution in [0.1, 0.15) is 15.9 Å². The van der Waals surface area contributed by atoms with E-state index in [2.05, 4.69) is 0 Å². The number of amides is 2. The van der Waals surface area contributed by atoms with Gasteiger partial charge in [-0.25, -0.2) is 4.79 Å². The fourth-order valence-corrected chi connectivity index (χ4v) is 1.85. The van der Waals surface area contributed by atoms with Gasteiger partial charge in [0, 0.05) is 25.7 Å². The van der Waals surface area contributed by atoms with E-state index in [1.165, 1.54) is 0 Å². The van der Waals surface area contributed by atoms with Gasteiger partial charge in [0.2, 0.25) is 0 Å². The van der Waals surface area contributed by atoms with Gasteiger partial charge in [0.05, 0.1) is 6.54 Å². The number of hydrogen-bond acceptors (Lipinski definition) is 2. The molecule has 17 heavy (non-hydrogen) atoms. The lowest BCUT2D eigenvalue weighted by Crippen LogP contribution is -2.33. The van der Waals surface area contributed by atoms with Crippen molar-refractivity contribution in [3.63, 3.8) is 0 Å². The number of aryl methyl sites for hydroxylation is 1. The average Bonchev–Trinajstić information content (AvgIpc) is 2.62. The molecule has 4 nitrogen and oxygen atoms in total. The summed E-state index contributed by atoms with van der Waals surface area (Å²) in [6.45, 7) is 3.48. The summed E-state index contributed by atoms with van der Waals surface area (Å²) in [5.74, 6) is -0.00588. The van der Waals surface area contributed by atoms with E-state index in [-0.39, 0.29) is 18.4 Å². The van der Waals surface area contributed by atoms with E-state index in [0.717, 1.165) is 5.56 Å². The summed E-state index contributed by atoms with van der Waals surface area (Å²) in [7, 11) is 1.75. The minimum Gasteiger partial charge on any atom is -0.326 e. The van der Waals surface area contributed by atoms with Crippen LogP contribution >= 0.6 is 0 Å². The van der Waals surface area contributed by atoms with Gasteiger partial charge in [0.25, 0.3) is 0 Å². The van der Waals surface area contributed by atoms with Crippen molar-refractivity contribution in [3.05, 3.63) is 35.4 Å². The number of ketones is 1. The first-order valence-electron chi connectivity index (χ1n) is 5.68. The monoisotopic (exact) mass is 232 g/mol. The maximum atomic E-state index is 12.0. The predicted molar refractivity (Wildman–Crippen MR) is 65.1 cm³/mol. The Morgan fingerprint density at radius 2 is 1.88 bits per heavy atom.